The van der Waals surface area contributed by atoms with E-state index in [1.165, 1.54) is 13.2 Å². The number of methoxy groups -OCH3 is 1. The third kappa shape index (κ3) is 1.95. The van der Waals surface area contributed by atoms with Crippen LogP contribution in [0.4, 0.5) is 0 Å². The number of hydrogen-bond donors (Lipinski definition) is 0. The van der Waals surface area contributed by atoms with Crippen LogP contribution in [0.3, 0.4) is 0 Å². The molecule has 0 aliphatic heterocycles. The van der Waals surface area contributed by atoms with Crippen molar-refractivity contribution in [2.75, 3.05) is 13.4 Å². The quantitative estimate of drug-likeness (QED) is 0.763. The Labute approximate surface area is 101 Å². The van der Waals surface area contributed by atoms with Crippen LogP contribution in [0.25, 0.3) is 0 Å². The Balaban J connectivity index is 2.58. The van der Waals surface area contributed by atoms with Crippen molar-refractivity contribution in [2.24, 2.45) is 0 Å². The van der Waals surface area contributed by atoms with Gasteiger partial charge in [-0.05, 0) is 24.5 Å². The summed E-state index contributed by atoms with van der Waals surface area (Å²) in [6.07, 6.45) is 2.44. The highest BCUT2D eigenvalue weighted by molar-refractivity contribution is 7.90. The molecule has 0 amide bonds. The van der Waals surface area contributed by atoms with Crippen LogP contribution in [0.1, 0.15) is 18.4 Å². The number of hydrogen-bond acceptors (Lipinski definition) is 4. The van der Waals surface area contributed by atoms with E-state index in [0.717, 1.165) is 6.26 Å². The molecular formula is C12H14O4S. The molecule has 0 bridgehead atoms. The average molecular weight is 254 g/mol. The van der Waals surface area contributed by atoms with E-state index in [0.29, 0.717) is 18.4 Å². The van der Waals surface area contributed by atoms with Crippen molar-refractivity contribution in [3.8, 4) is 0 Å². The number of carbonyl (C=O) groups is 1. The molecule has 1 fully saturated rings. The van der Waals surface area contributed by atoms with Crippen LogP contribution in [0.2, 0.25) is 0 Å². The molecule has 0 aromatic heterocycles. The van der Waals surface area contributed by atoms with Gasteiger partial charge >= 0.3 is 5.97 Å². The largest absolute Gasteiger partial charge is 0.468 e. The maximum atomic E-state index is 11.8. The standard InChI is InChI=1S/C12H14O4S/c1-16-11(13)12(7-8-12)9-5-3-4-6-10(9)17(2,14)15/h3-6H,7-8H2,1-2H3. The minimum absolute atomic E-state index is 0.225. The Kier molecular flexibility index (Phi) is 2.73. The van der Waals surface area contributed by atoms with E-state index in [1.807, 2.05) is 0 Å². The van der Waals surface area contributed by atoms with Gasteiger partial charge in [0.1, 0.15) is 0 Å². The lowest BCUT2D eigenvalue weighted by atomic mass is 9.96. The van der Waals surface area contributed by atoms with Gasteiger partial charge in [-0.25, -0.2) is 8.42 Å². The van der Waals surface area contributed by atoms with E-state index in [1.54, 1.807) is 18.2 Å². The van der Waals surface area contributed by atoms with Crippen molar-refractivity contribution >= 4 is 15.8 Å². The van der Waals surface area contributed by atoms with Crippen LogP contribution in [-0.4, -0.2) is 27.8 Å². The van der Waals surface area contributed by atoms with E-state index < -0.39 is 15.3 Å². The van der Waals surface area contributed by atoms with E-state index >= 15 is 0 Å². The van der Waals surface area contributed by atoms with Crippen LogP contribution in [0, 0.1) is 0 Å². The van der Waals surface area contributed by atoms with Gasteiger partial charge in [0.25, 0.3) is 0 Å². The topological polar surface area (TPSA) is 60.4 Å². The number of ether oxygens (including phenoxy) is 1. The first-order chi connectivity index (χ1) is 7.92. The summed E-state index contributed by atoms with van der Waals surface area (Å²) in [5, 5.41) is 0. The molecule has 1 aromatic carbocycles. The fourth-order valence-corrected chi connectivity index (χ4v) is 3.08. The molecular weight excluding hydrogens is 240 g/mol. The van der Waals surface area contributed by atoms with Gasteiger partial charge in [0, 0.05) is 6.26 Å². The third-order valence-electron chi connectivity index (χ3n) is 3.13. The zero-order valence-electron chi connectivity index (χ0n) is 9.76. The van der Waals surface area contributed by atoms with Crippen LogP contribution in [-0.2, 0) is 24.8 Å². The van der Waals surface area contributed by atoms with Gasteiger partial charge in [-0.15, -0.1) is 0 Å². The van der Waals surface area contributed by atoms with E-state index in [2.05, 4.69) is 0 Å². The van der Waals surface area contributed by atoms with Crippen LogP contribution in [0.15, 0.2) is 29.2 Å². The predicted octanol–water partition coefficient (Wildman–Crippen LogP) is 1.29. The molecule has 17 heavy (non-hydrogen) atoms. The molecule has 0 saturated heterocycles. The van der Waals surface area contributed by atoms with Gasteiger partial charge < -0.3 is 4.74 Å². The number of rotatable bonds is 3. The van der Waals surface area contributed by atoms with Gasteiger partial charge in [0.05, 0.1) is 17.4 Å². The first-order valence-corrected chi connectivity index (χ1v) is 7.19. The summed E-state index contributed by atoms with van der Waals surface area (Å²) in [5.41, 5.74) is -0.177. The van der Waals surface area contributed by atoms with Crippen LogP contribution < -0.4 is 0 Å². The van der Waals surface area contributed by atoms with Gasteiger partial charge in [0.2, 0.25) is 0 Å². The zero-order chi connectivity index (χ0) is 12.7. The number of esters is 1. The molecule has 0 spiro atoms. The highest BCUT2D eigenvalue weighted by atomic mass is 32.2. The molecule has 2 rings (SSSR count). The van der Waals surface area contributed by atoms with Crippen molar-refractivity contribution in [1.29, 1.82) is 0 Å². The minimum atomic E-state index is -3.33. The van der Waals surface area contributed by atoms with E-state index in [-0.39, 0.29) is 10.9 Å². The zero-order valence-corrected chi connectivity index (χ0v) is 10.6. The highest BCUT2D eigenvalue weighted by Crippen LogP contribution is 2.50. The molecule has 0 atom stereocenters. The molecule has 5 heteroatoms. The Morgan fingerprint density at radius 1 is 1.29 bits per heavy atom. The van der Waals surface area contributed by atoms with Gasteiger partial charge in [-0.3, -0.25) is 4.79 Å². The van der Waals surface area contributed by atoms with Crippen LogP contribution >= 0.6 is 0 Å². The van der Waals surface area contributed by atoms with Gasteiger partial charge in [-0.2, -0.15) is 0 Å². The number of sulfone groups is 1. The number of carbonyl (C=O) groups excluding carboxylic acids is 1. The Bertz CT molecular complexity index is 556. The normalized spacial score (nSPS) is 17.5. The van der Waals surface area contributed by atoms with Crippen molar-refractivity contribution < 1.29 is 17.9 Å². The second-order valence-electron chi connectivity index (χ2n) is 4.34. The van der Waals surface area contributed by atoms with Gasteiger partial charge in [0.15, 0.2) is 9.84 Å². The monoisotopic (exact) mass is 254 g/mol. The molecule has 92 valence electrons. The fourth-order valence-electron chi connectivity index (χ4n) is 2.09. The predicted molar refractivity (Wildman–Crippen MR) is 62.5 cm³/mol. The molecule has 0 radical (unpaired) electrons. The van der Waals surface area contributed by atoms with Crippen LogP contribution in [0.5, 0.6) is 0 Å². The molecule has 0 unspecified atom stereocenters. The van der Waals surface area contributed by atoms with E-state index in [4.69, 9.17) is 4.74 Å². The summed E-state index contributed by atoms with van der Waals surface area (Å²) in [6, 6.07) is 6.63. The first kappa shape index (κ1) is 12.1. The van der Waals surface area contributed by atoms with Crippen molar-refractivity contribution in [3.05, 3.63) is 29.8 Å². The van der Waals surface area contributed by atoms with Crippen molar-refractivity contribution in [1.82, 2.24) is 0 Å². The van der Waals surface area contributed by atoms with Crippen molar-refractivity contribution in [2.45, 2.75) is 23.2 Å². The smallest absolute Gasteiger partial charge is 0.316 e. The molecule has 0 N–H and O–H groups in total. The molecule has 0 heterocycles. The molecule has 1 saturated carbocycles. The average Bonchev–Trinajstić information content (AvgIpc) is 3.08. The minimum Gasteiger partial charge on any atom is -0.468 e. The maximum absolute atomic E-state index is 11.8. The lowest BCUT2D eigenvalue weighted by Gasteiger charge is -2.16. The summed E-state index contributed by atoms with van der Waals surface area (Å²) in [6.45, 7) is 0. The summed E-state index contributed by atoms with van der Waals surface area (Å²) in [5.74, 6) is -0.353. The maximum Gasteiger partial charge on any atom is 0.316 e. The third-order valence-corrected chi connectivity index (χ3v) is 4.28. The Hall–Kier alpha value is -1.36. The Morgan fingerprint density at radius 2 is 1.88 bits per heavy atom. The van der Waals surface area contributed by atoms with Gasteiger partial charge in [-0.1, -0.05) is 18.2 Å². The Morgan fingerprint density at radius 3 is 2.35 bits per heavy atom. The second kappa shape index (κ2) is 3.84. The molecule has 1 aromatic rings. The fraction of sp³-hybridized carbons (Fsp3) is 0.417. The molecule has 1 aliphatic rings. The number of benzene rings is 1. The lowest BCUT2D eigenvalue weighted by molar-refractivity contribution is -0.143. The molecule has 4 nitrogen and oxygen atoms in total. The summed E-state index contributed by atoms with van der Waals surface area (Å²) >= 11 is 0. The summed E-state index contributed by atoms with van der Waals surface area (Å²) in [4.78, 5) is 12.0. The highest BCUT2D eigenvalue weighted by Gasteiger charge is 2.54. The van der Waals surface area contributed by atoms with E-state index in [9.17, 15) is 13.2 Å². The summed E-state index contributed by atoms with van der Waals surface area (Å²) < 4.78 is 28.1. The first-order valence-electron chi connectivity index (χ1n) is 5.30. The molecule has 1 aliphatic carbocycles. The second-order valence-corrected chi connectivity index (χ2v) is 6.33. The summed E-state index contributed by atoms with van der Waals surface area (Å²) in [7, 11) is -2.00. The SMILES string of the molecule is COC(=O)C1(c2ccccc2S(C)(=O)=O)CC1. The lowest BCUT2D eigenvalue weighted by Crippen LogP contribution is -2.24. The van der Waals surface area contributed by atoms with Crippen molar-refractivity contribution in [3.63, 3.8) is 0 Å².